The van der Waals surface area contributed by atoms with Gasteiger partial charge in [-0.2, -0.15) is 0 Å². The smallest absolute Gasteiger partial charge is 0.160 e. The van der Waals surface area contributed by atoms with Gasteiger partial charge in [-0.25, -0.2) is 0 Å². The number of ether oxygens (including phenoxy) is 2. The Morgan fingerprint density at radius 2 is 1.91 bits per heavy atom. The van der Waals surface area contributed by atoms with E-state index in [2.05, 4.69) is 34.7 Å². The average molecular weight is 270 g/mol. The van der Waals surface area contributed by atoms with Crippen LogP contribution in [-0.2, 0) is 9.47 Å². The Balaban J connectivity index is 3.33. The second-order valence-corrected chi connectivity index (χ2v) is 3.16. The first-order valence-electron chi connectivity index (χ1n) is 3.61. The zero-order chi connectivity index (χ0) is 8.53. The van der Waals surface area contributed by atoms with Gasteiger partial charge < -0.3 is 9.47 Å². The van der Waals surface area contributed by atoms with Gasteiger partial charge in [-0.15, -0.1) is 0 Å². The number of rotatable bonds is 6. The van der Waals surface area contributed by atoms with E-state index in [0.29, 0.717) is 0 Å². The highest BCUT2D eigenvalue weighted by atomic mass is 127. The summed E-state index contributed by atoms with van der Waals surface area (Å²) in [4.78, 5) is 0. The summed E-state index contributed by atoms with van der Waals surface area (Å²) in [6, 6.07) is 0. The average Bonchev–Trinajstić information content (AvgIpc) is 2.05. The van der Waals surface area contributed by atoms with Crippen molar-refractivity contribution in [1.29, 1.82) is 0 Å². The van der Waals surface area contributed by atoms with Crippen LogP contribution < -0.4 is 0 Å². The molecule has 0 spiro atoms. The fourth-order valence-electron chi connectivity index (χ4n) is 0.677. The lowest BCUT2D eigenvalue weighted by molar-refractivity contribution is -0.0986. The molecule has 0 saturated carbocycles. The van der Waals surface area contributed by atoms with Crippen molar-refractivity contribution in [2.75, 3.05) is 18.6 Å². The van der Waals surface area contributed by atoms with Gasteiger partial charge in [0.25, 0.3) is 0 Å². The molecule has 0 bridgehead atoms. The van der Waals surface area contributed by atoms with E-state index in [4.69, 9.17) is 9.47 Å². The van der Waals surface area contributed by atoms with Gasteiger partial charge in [-0.05, 0) is 6.42 Å². The van der Waals surface area contributed by atoms with Crippen molar-refractivity contribution in [2.45, 2.75) is 19.1 Å². The predicted molar refractivity (Wildman–Crippen MR) is 55.1 cm³/mol. The van der Waals surface area contributed by atoms with Crippen LogP contribution in [0.2, 0.25) is 0 Å². The predicted octanol–water partition coefficient (Wildman–Crippen LogP) is 2.38. The van der Waals surface area contributed by atoms with Crippen LogP contribution in [0.4, 0.5) is 0 Å². The van der Waals surface area contributed by atoms with Crippen LogP contribution in [0.5, 0.6) is 0 Å². The Morgan fingerprint density at radius 3 is 2.36 bits per heavy atom. The van der Waals surface area contributed by atoms with Gasteiger partial charge in [0.15, 0.2) is 6.29 Å². The van der Waals surface area contributed by atoms with E-state index in [1.54, 1.807) is 14.2 Å². The molecule has 2 nitrogen and oxygen atoms in total. The second kappa shape index (κ2) is 8.49. The summed E-state index contributed by atoms with van der Waals surface area (Å²) in [5.74, 6) is 0. The largest absolute Gasteiger partial charge is 0.356 e. The lowest BCUT2D eigenvalue weighted by atomic mass is 10.3. The SMILES string of the molecule is COC(C/C=C/CCI)OC. The molecule has 0 fully saturated rings. The van der Waals surface area contributed by atoms with Crippen molar-refractivity contribution in [3.8, 4) is 0 Å². The van der Waals surface area contributed by atoms with E-state index >= 15 is 0 Å². The summed E-state index contributed by atoms with van der Waals surface area (Å²) >= 11 is 2.35. The van der Waals surface area contributed by atoms with Gasteiger partial charge in [0.2, 0.25) is 0 Å². The lowest BCUT2D eigenvalue weighted by Gasteiger charge is -2.09. The van der Waals surface area contributed by atoms with Crippen molar-refractivity contribution in [3.05, 3.63) is 12.2 Å². The third kappa shape index (κ3) is 6.77. The molecule has 0 aromatic heterocycles. The van der Waals surface area contributed by atoms with Gasteiger partial charge >= 0.3 is 0 Å². The Hall–Kier alpha value is 0.390. The van der Waals surface area contributed by atoms with Gasteiger partial charge in [0.05, 0.1) is 0 Å². The minimum atomic E-state index is -0.0829. The normalized spacial score (nSPS) is 11.6. The number of alkyl halides is 1. The Morgan fingerprint density at radius 1 is 1.27 bits per heavy atom. The van der Waals surface area contributed by atoms with Crippen LogP contribution in [0.15, 0.2) is 12.2 Å². The van der Waals surface area contributed by atoms with Crippen LogP contribution in [-0.4, -0.2) is 24.9 Å². The summed E-state index contributed by atoms with van der Waals surface area (Å²) in [5, 5.41) is 0. The highest BCUT2D eigenvalue weighted by Gasteiger charge is 1.99. The summed E-state index contributed by atoms with van der Waals surface area (Å²) in [6.07, 6.45) is 6.12. The van der Waals surface area contributed by atoms with Crippen molar-refractivity contribution in [1.82, 2.24) is 0 Å². The first-order valence-corrected chi connectivity index (χ1v) is 5.14. The summed E-state index contributed by atoms with van der Waals surface area (Å²) < 4.78 is 11.2. The van der Waals surface area contributed by atoms with Crippen LogP contribution in [0.3, 0.4) is 0 Å². The molecule has 0 aromatic rings. The molecule has 3 heteroatoms. The first-order chi connectivity index (χ1) is 5.35. The zero-order valence-electron chi connectivity index (χ0n) is 7.05. The Kier molecular flexibility index (Phi) is 8.79. The highest BCUT2D eigenvalue weighted by molar-refractivity contribution is 14.1. The monoisotopic (exact) mass is 270 g/mol. The van der Waals surface area contributed by atoms with Gasteiger partial charge in [-0.3, -0.25) is 0 Å². The minimum absolute atomic E-state index is 0.0829. The molecule has 0 atom stereocenters. The lowest BCUT2D eigenvalue weighted by Crippen LogP contribution is -2.10. The minimum Gasteiger partial charge on any atom is -0.356 e. The van der Waals surface area contributed by atoms with E-state index in [-0.39, 0.29) is 6.29 Å². The number of allylic oxidation sites excluding steroid dienone is 1. The first kappa shape index (κ1) is 11.4. The number of hydrogen-bond acceptors (Lipinski definition) is 2. The molecule has 0 aliphatic heterocycles. The standard InChI is InChI=1S/C8H15IO2/c1-10-8(11-2)6-4-3-5-7-9/h3-4,8H,5-7H2,1-2H3/b4-3+. The zero-order valence-corrected chi connectivity index (χ0v) is 9.21. The van der Waals surface area contributed by atoms with Crippen molar-refractivity contribution in [3.63, 3.8) is 0 Å². The van der Waals surface area contributed by atoms with Crippen LogP contribution in [0.1, 0.15) is 12.8 Å². The second-order valence-electron chi connectivity index (χ2n) is 2.09. The third-order valence-electron chi connectivity index (χ3n) is 1.30. The van der Waals surface area contributed by atoms with Gasteiger partial charge in [0.1, 0.15) is 0 Å². The Labute approximate surface area is 82.1 Å². The van der Waals surface area contributed by atoms with Gasteiger partial charge in [0, 0.05) is 25.1 Å². The summed E-state index contributed by atoms with van der Waals surface area (Å²) in [5.41, 5.74) is 0. The molecule has 0 N–H and O–H groups in total. The Bertz CT molecular complexity index is 100. The van der Waals surface area contributed by atoms with E-state index in [1.165, 1.54) is 4.43 Å². The molecule has 0 aliphatic rings. The molecule has 0 unspecified atom stereocenters. The topological polar surface area (TPSA) is 18.5 Å². The highest BCUT2D eigenvalue weighted by Crippen LogP contribution is 1.99. The fourth-order valence-corrected chi connectivity index (χ4v) is 1.04. The van der Waals surface area contributed by atoms with Crippen molar-refractivity contribution >= 4 is 22.6 Å². The van der Waals surface area contributed by atoms with Gasteiger partial charge in [-0.1, -0.05) is 34.7 Å². The maximum Gasteiger partial charge on any atom is 0.160 e. The summed E-state index contributed by atoms with van der Waals surface area (Å²) in [7, 11) is 3.31. The van der Waals surface area contributed by atoms with Crippen LogP contribution in [0, 0.1) is 0 Å². The molecule has 0 saturated heterocycles. The molecular formula is C8H15IO2. The van der Waals surface area contributed by atoms with Crippen LogP contribution >= 0.6 is 22.6 Å². The number of methoxy groups -OCH3 is 2. The molecule has 0 heterocycles. The number of halogens is 1. The molecular weight excluding hydrogens is 255 g/mol. The molecule has 0 amide bonds. The number of hydrogen-bond donors (Lipinski definition) is 0. The summed E-state index contributed by atoms with van der Waals surface area (Å²) in [6.45, 7) is 0. The van der Waals surface area contributed by atoms with E-state index in [1.807, 2.05) is 0 Å². The molecule has 0 aliphatic carbocycles. The third-order valence-corrected chi connectivity index (χ3v) is 1.92. The maximum atomic E-state index is 5.00. The van der Waals surface area contributed by atoms with E-state index in [9.17, 15) is 0 Å². The molecule has 0 rings (SSSR count). The molecule has 0 aromatic carbocycles. The maximum absolute atomic E-state index is 5.00. The molecule has 11 heavy (non-hydrogen) atoms. The molecule has 66 valence electrons. The van der Waals surface area contributed by atoms with Crippen molar-refractivity contribution in [2.24, 2.45) is 0 Å². The van der Waals surface area contributed by atoms with Crippen molar-refractivity contribution < 1.29 is 9.47 Å². The molecule has 0 radical (unpaired) electrons. The van der Waals surface area contributed by atoms with Crippen LogP contribution in [0.25, 0.3) is 0 Å². The quantitative estimate of drug-likeness (QED) is 0.319. The van der Waals surface area contributed by atoms with E-state index in [0.717, 1.165) is 12.8 Å². The fraction of sp³-hybridized carbons (Fsp3) is 0.750. The van der Waals surface area contributed by atoms with E-state index < -0.39 is 0 Å².